The number of hydrogen-bond donors (Lipinski definition) is 2. The minimum absolute atomic E-state index is 0.0647. The van der Waals surface area contributed by atoms with Gasteiger partial charge in [-0.3, -0.25) is 0 Å². The van der Waals surface area contributed by atoms with Crippen molar-refractivity contribution in [2.45, 2.75) is 64.7 Å². The van der Waals surface area contributed by atoms with Crippen LogP contribution in [0.1, 0.15) is 79.9 Å². The lowest BCUT2D eigenvalue weighted by Gasteiger charge is -2.32. The molecule has 8 nitrogen and oxygen atoms in total. The number of unbranched alkanes of at least 4 members (excludes halogenated alkanes) is 1. The predicted molar refractivity (Wildman–Crippen MR) is 153 cm³/mol. The molecule has 2 rings (SSSR count). The van der Waals surface area contributed by atoms with E-state index in [-0.39, 0.29) is 17.4 Å². The summed E-state index contributed by atoms with van der Waals surface area (Å²) in [5, 5.41) is 23.6. The molecule has 0 bridgehead atoms. The van der Waals surface area contributed by atoms with Gasteiger partial charge in [-0.05, 0) is 73.5 Å². The average Bonchev–Trinajstić information content (AvgIpc) is 2.92. The van der Waals surface area contributed by atoms with Crippen LogP contribution in [0.5, 0.6) is 23.0 Å². The molecule has 0 aromatic heterocycles. The fraction of sp³-hybridized carbons (Fsp3) is 0.548. The third kappa shape index (κ3) is 7.15. The quantitative estimate of drug-likeness (QED) is 0.251. The SMILES string of the molecule is COc1ccc(C(C#N)(CCCCNCCc2c(C(=O)O)cc(OC)c(OC)c2C(C)C)C(C)C)cc1OC. The van der Waals surface area contributed by atoms with Crippen molar-refractivity contribution in [1.82, 2.24) is 5.32 Å². The lowest BCUT2D eigenvalue weighted by Crippen LogP contribution is -2.31. The molecule has 0 aliphatic heterocycles. The number of nitriles is 1. The molecule has 0 radical (unpaired) electrons. The maximum atomic E-state index is 12.1. The standard InChI is InChI=1S/C31H44N2O6/c1-20(2)28-23(24(30(34)35)18-27(38-7)29(28)39-8)13-16-33-15-10-9-14-31(19-32,21(3)4)22-11-12-25(36-5)26(17-22)37-6/h11-12,17-18,20-21,33H,9-10,13-16H2,1-8H3,(H,34,35). The molecule has 0 saturated heterocycles. The summed E-state index contributed by atoms with van der Waals surface area (Å²) in [6.07, 6.45) is 3.02. The van der Waals surface area contributed by atoms with Gasteiger partial charge in [0.1, 0.15) is 0 Å². The molecule has 1 atom stereocenters. The van der Waals surface area contributed by atoms with E-state index in [1.807, 2.05) is 32.0 Å². The van der Waals surface area contributed by atoms with Gasteiger partial charge in [-0.1, -0.05) is 40.2 Å². The number of hydrogen-bond acceptors (Lipinski definition) is 7. The van der Waals surface area contributed by atoms with E-state index in [0.29, 0.717) is 42.4 Å². The maximum absolute atomic E-state index is 12.1. The topological polar surface area (TPSA) is 110 Å². The van der Waals surface area contributed by atoms with Gasteiger partial charge in [-0.15, -0.1) is 0 Å². The molecule has 8 heteroatoms. The first-order valence-electron chi connectivity index (χ1n) is 13.5. The van der Waals surface area contributed by atoms with Gasteiger partial charge in [0.15, 0.2) is 23.0 Å². The van der Waals surface area contributed by atoms with Crippen molar-refractivity contribution in [3.63, 3.8) is 0 Å². The van der Waals surface area contributed by atoms with E-state index in [4.69, 9.17) is 18.9 Å². The lowest BCUT2D eigenvalue weighted by atomic mass is 9.69. The van der Waals surface area contributed by atoms with Gasteiger partial charge in [0.05, 0.1) is 45.5 Å². The van der Waals surface area contributed by atoms with Gasteiger partial charge in [0.25, 0.3) is 0 Å². The summed E-state index contributed by atoms with van der Waals surface area (Å²) in [4.78, 5) is 12.1. The number of benzene rings is 2. The molecule has 0 heterocycles. The number of aromatic carboxylic acids is 1. The van der Waals surface area contributed by atoms with E-state index in [2.05, 4.69) is 25.2 Å². The second kappa shape index (κ2) is 14.6. The van der Waals surface area contributed by atoms with E-state index >= 15 is 0 Å². The highest BCUT2D eigenvalue weighted by molar-refractivity contribution is 5.91. The smallest absolute Gasteiger partial charge is 0.336 e. The van der Waals surface area contributed by atoms with Crippen LogP contribution < -0.4 is 24.3 Å². The zero-order valence-electron chi connectivity index (χ0n) is 24.6. The minimum atomic E-state index is -0.982. The molecule has 0 spiro atoms. The van der Waals surface area contributed by atoms with Crippen LogP contribution >= 0.6 is 0 Å². The highest BCUT2D eigenvalue weighted by atomic mass is 16.5. The van der Waals surface area contributed by atoms with Gasteiger partial charge in [0.2, 0.25) is 0 Å². The Kier molecular flexibility index (Phi) is 11.9. The third-order valence-electron chi connectivity index (χ3n) is 7.44. The van der Waals surface area contributed by atoms with Crippen LogP contribution in [0.3, 0.4) is 0 Å². The fourth-order valence-corrected chi connectivity index (χ4v) is 5.25. The molecule has 2 N–H and O–H groups in total. The Morgan fingerprint density at radius 1 is 0.949 bits per heavy atom. The van der Waals surface area contributed by atoms with Crippen LogP contribution in [0.25, 0.3) is 0 Å². The maximum Gasteiger partial charge on any atom is 0.336 e. The molecular weight excluding hydrogens is 496 g/mol. The second-order valence-electron chi connectivity index (χ2n) is 10.3. The zero-order valence-corrected chi connectivity index (χ0v) is 24.6. The van der Waals surface area contributed by atoms with E-state index in [1.54, 1.807) is 27.4 Å². The van der Waals surface area contributed by atoms with E-state index in [9.17, 15) is 15.2 Å². The van der Waals surface area contributed by atoms with Gasteiger partial charge in [-0.2, -0.15) is 5.26 Å². The number of nitrogens with one attached hydrogen (secondary N) is 1. The first-order valence-corrected chi connectivity index (χ1v) is 13.5. The highest BCUT2D eigenvalue weighted by Crippen LogP contribution is 2.42. The van der Waals surface area contributed by atoms with Crippen molar-refractivity contribution in [1.29, 1.82) is 5.26 Å². The van der Waals surface area contributed by atoms with Crippen LogP contribution in [0.15, 0.2) is 24.3 Å². The molecule has 214 valence electrons. The van der Waals surface area contributed by atoms with Gasteiger partial charge in [0, 0.05) is 5.56 Å². The second-order valence-corrected chi connectivity index (χ2v) is 10.3. The van der Waals surface area contributed by atoms with Crippen molar-refractivity contribution < 1.29 is 28.8 Å². The van der Waals surface area contributed by atoms with Crippen molar-refractivity contribution >= 4 is 5.97 Å². The number of carbonyl (C=O) groups is 1. The largest absolute Gasteiger partial charge is 0.493 e. The summed E-state index contributed by atoms with van der Waals surface area (Å²) in [7, 11) is 6.29. The van der Waals surface area contributed by atoms with Crippen molar-refractivity contribution in [3.8, 4) is 29.1 Å². The molecule has 2 aromatic rings. The summed E-state index contributed by atoms with van der Waals surface area (Å²) >= 11 is 0. The Bertz CT molecular complexity index is 1150. The Balaban J connectivity index is 2.08. The Morgan fingerprint density at radius 3 is 2.13 bits per heavy atom. The molecule has 2 aromatic carbocycles. The summed E-state index contributed by atoms with van der Waals surface area (Å²) in [6, 6.07) is 9.87. The summed E-state index contributed by atoms with van der Waals surface area (Å²) < 4.78 is 21.9. The van der Waals surface area contributed by atoms with E-state index < -0.39 is 11.4 Å². The van der Waals surface area contributed by atoms with Gasteiger partial charge < -0.3 is 29.4 Å². The lowest BCUT2D eigenvalue weighted by molar-refractivity contribution is 0.0695. The van der Waals surface area contributed by atoms with Crippen LogP contribution in [-0.4, -0.2) is 52.6 Å². The average molecular weight is 541 g/mol. The van der Waals surface area contributed by atoms with Crippen molar-refractivity contribution in [3.05, 3.63) is 46.5 Å². The summed E-state index contributed by atoms with van der Waals surface area (Å²) in [5.41, 5.74) is 2.16. The highest BCUT2D eigenvalue weighted by Gasteiger charge is 2.36. The Labute approximate surface area is 233 Å². The van der Waals surface area contributed by atoms with Crippen LogP contribution in [0.2, 0.25) is 0 Å². The van der Waals surface area contributed by atoms with Crippen LogP contribution in [0, 0.1) is 17.2 Å². The molecule has 0 amide bonds. The molecule has 39 heavy (non-hydrogen) atoms. The monoisotopic (exact) mass is 540 g/mol. The normalized spacial score (nSPS) is 12.6. The van der Waals surface area contributed by atoms with E-state index in [0.717, 1.165) is 36.1 Å². The molecule has 1 unspecified atom stereocenters. The van der Waals surface area contributed by atoms with Gasteiger partial charge >= 0.3 is 5.97 Å². The number of ether oxygens (including phenoxy) is 4. The van der Waals surface area contributed by atoms with Gasteiger partial charge in [-0.25, -0.2) is 4.79 Å². The summed E-state index contributed by atoms with van der Waals surface area (Å²) in [5.74, 6) is 1.47. The third-order valence-corrected chi connectivity index (χ3v) is 7.44. The molecular formula is C31H44N2O6. The Morgan fingerprint density at radius 2 is 1.62 bits per heavy atom. The fourth-order valence-electron chi connectivity index (χ4n) is 5.25. The molecule has 0 aliphatic carbocycles. The predicted octanol–water partition coefficient (Wildman–Crippen LogP) is 5.96. The molecule has 0 fully saturated rings. The van der Waals surface area contributed by atoms with Crippen molar-refractivity contribution in [2.75, 3.05) is 41.5 Å². The Hall–Kier alpha value is -3.44. The first-order chi connectivity index (χ1) is 18.6. The molecule has 0 aliphatic rings. The van der Waals surface area contributed by atoms with Crippen LogP contribution in [-0.2, 0) is 11.8 Å². The number of methoxy groups -OCH3 is 4. The number of rotatable bonds is 16. The summed E-state index contributed by atoms with van der Waals surface area (Å²) in [6.45, 7) is 9.58. The minimum Gasteiger partial charge on any atom is -0.493 e. The number of carboxylic acids is 1. The zero-order chi connectivity index (χ0) is 29.2. The van der Waals surface area contributed by atoms with Crippen molar-refractivity contribution in [2.24, 2.45) is 5.92 Å². The first kappa shape index (κ1) is 31.8. The number of nitrogens with zero attached hydrogens (tertiary/aromatic N) is 1. The van der Waals surface area contributed by atoms with E-state index in [1.165, 1.54) is 7.11 Å². The van der Waals surface area contributed by atoms with Crippen LogP contribution in [0.4, 0.5) is 0 Å². The molecule has 0 saturated carbocycles. The number of carboxylic acid groups (broad SMARTS) is 1.